The van der Waals surface area contributed by atoms with Gasteiger partial charge >= 0.3 is 5.97 Å². The Bertz CT molecular complexity index is 677. The Morgan fingerprint density at radius 2 is 1.83 bits per heavy atom. The molecule has 0 aliphatic heterocycles. The first kappa shape index (κ1) is 17.1. The standard InChI is InChI=1S/C17H23NO5/c1-4-22-15-9-13-12(8-17(20)21-3)11-18(6-7-19)14(13)10-16(15)23-5-2/h9-11,19H,4-8H2,1-3H3. The zero-order valence-corrected chi connectivity index (χ0v) is 13.8. The van der Waals surface area contributed by atoms with Crippen molar-refractivity contribution < 1.29 is 24.1 Å². The van der Waals surface area contributed by atoms with Gasteiger partial charge in [-0.05, 0) is 25.5 Å². The summed E-state index contributed by atoms with van der Waals surface area (Å²) in [6.07, 6.45) is 2.04. The molecule has 2 aromatic rings. The first-order valence-electron chi connectivity index (χ1n) is 7.73. The Morgan fingerprint density at radius 3 is 2.39 bits per heavy atom. The second-order valence-corrected chi connectivity index (χ2v) is 5.01. The number of carbonyl (C=O) groups is 1. The second-order valence-electron chi connectivity index (χ2n) is 5.01. The highest BCUT2D eigenvalue weighted by Crippen LogP contribution is 2.35. The molecule has 0 saturated carbocycles. The molecule has 0 unspecified atom stereocenters. The zero-order valence-electron chi connectivity index (χ0n) is 13.8. The maximum atomic E-state index is 11.6. The van der Waals surface area contributed by atoms with Gasteiger partial charge < -0.3 is 23.9 Å². The molecule has 0 atom stereocenters. The predicted molar refractivity (Wildman–Crippen MR) is 87.1 cm³/mol. The number of aliphatic hydroxyl groups is 1. The minimum atomic E-state index is -0.306. The van der Waals surface area contributed by atoms with Crippen LogP contribution < -0.4 is 9.47 Å². The van der Waals surface area contributed by atoms with E-state index >= 15 is 0 Å². The molecule has 1 aromatic carbocycles. The minimum absolute atomic E-state index is 0.0125. The average molecular weight is 321 g/mol. The Balaban J connectivity index is 2.58. The van der Waals surface area contributed by atoms with Gasteiger partial charge in [0.1, 0.15) is 0 Å². The summed E-state index contributed by atoms with van der Waals surface area (Å²) in [4.78, 5) is 11.6. The molecule has 0 bridgehead atoms. The van der Waals surface area contributed by atoms with Crippen molar-refractivity contribution >= 4 is 16.9 Å². The fourth-order valence-corrected chi connectivity index (χ4v) is 2.57. The topological polar surface area (TPSA) is 69.9 Å². The molecule has 6 nitrogen and oxygen atoms in total. The molecular weight excluding hydrogens is 298 g/mol. The third-order valence-electron chi connectivity index (χ3n) is 3.53. The minimum Gasteiger partial charge on any atom is -0.490 e. The number of fused-ring (bicyclic) bond motifs is 1. The van der Waals surface area contributed by atoms with Gasteiger partial charge in [0.05, 0.1) is 38.9 Å². The summed E-state index contributed by atoms with van der Waals surface area (Å²) in [5.41, 5.74) is 1.73. The van der Waals surface area contributed by atoms with Gasteiger partial charge in [-0.1, -0.05) is 0 Å². The van der Waals surface area contributed by atoms with E-state index in [4.69, 9.17) is 14.2 Å². The van der Waals surface area contributed by atoms with Crippen LogP contribution in [0.4, 0.5) is 0 Å². The molecule has 0 fully saturated rings. The molecule has 6 heteroatoms. The third kappa shape index (κ3) is 3.76. The SMILES string of the molecule is CCOc1cc2c(CC(=O)OC)cn(CCO)c2cc1OCC. The van der Waals surface area contributed by atoms with Crippen molar-refractivity contribution in [3.05, 3.63) is 23.9 Å². The summed E-state index contributed by atoms with van der Waals surface area (Å²) < 4.78 is 18.0. The number of aromatic nitrogens is 1. The summed E-state index contributed by atoms with van der Waals surface area (Å²) in [5, 5.41) is 10.2. The van der Waals surface area contributed by atoms with E-state index in [0.717, 1.165) is 16.5 Å². The van der Waals surface area contributed by atoms with E-state index in [2.05, 4.69) is 0 Å². The van der Waals surface area contributed by atoms with Gasteiger partial charge in [0.25, 0.3) is 0 Å². The number of hydrogen-bond donors (Lipinski definition) is 1. The first-order valence-corrected chi connectivity index (χ1v) is 7.73. The van der Waals surface area contributed by atoms with Crippen LogP contribution in [0.1, 0.15) is 19.4 Å². The normalized spacial score (nSPS) is 10.8. The van der Waals surface area contributed by atoms with Crippen molar-refractivity contribution in [3.8, 4) is 11.5 Å². The summed E-state index contributed by atoms with van der Waals surface area (Å²) in [7, 11) is 1.37. The number of nitrogens with zero attached hydrogens (tertiary/aromatic N) is 1. The third-order valence-corrected chi connectivity index (χ3v) is 3.53. The number of rotatable bonds is 8. The van der Waals surface area contributed by atoms with E-state index in [0.29, 0.717) is 31.3 Å². The summed E-state index contributed by atoms with van der Waals surface area (Å²) in [5.74, 6) is 0.998. The molecular formula is C17H23NO5. The Kier molecular flexibility index (Phi) is 5.87. The van der Waals surface area contributed by atoms with E-state index in [-0.39, 0.29) is 19.0 Å². The van der Waals surface area contributed by atoms with Crippen molar-refractivity contribution in [2.75, 3.05) is 26.9 Å². The van der Waals surface area contributed by atoms with Crippen LogP contribution in [-0.2, 0) is 22.5 Å². The van der Waals surface area contributed by atoms with E-state index < -0.39 is 0 Å². The van der Waals surface area contributed by atoms with Crippen molar-refractivity contribution in [3.63, 3.8) is 0 Å². The van der Waals surface area contributed by atoms with Gasteiger partial charge in [-0.25, -0.2) is 0 Å². The quantitative estimate of drug-likeness (QED) is 0.754. The molecule has 0 aliphatic rings. The highest BCUT2D eigenvalue weighted by Gasteiger charge is 2.16. The van der Waals surface area contributed by atoms with Crippen LogP contribution in [0.15, 0.2) is 18.3 Å². The van der Waals surface area contributed by atoms with E-state index in [1.54, 1.807) is 0 Å². The largest absolute Gasteiger partial charge is 0.490 e. The number of benzene rings is 1. The molecule has 2 rings (SSSR count). The summed E-state index contributed by atoms with van der Waals surface area (Å²) >= 11 is 0. The van der Waals surface area contributed by atoms with Gasteiger partial charge in [0.15, 0.2) is 11.5 Å². The van der Waals surface area contributed by atoms with Crippen molar-refractivity contribution in [1.82, 2.24) is 4.57 Å². The molecule has 1 N–H and O–H groups in total. The van der Waals surface area contributed by atoms with Gasteiger partial charge in [0.2, 0.25) is 0 Å². The number of methoxy groups -OCH3 is 1. The van der Waals surface area contributed by atoms with E-state index in [1.807, 2.05) is 36.7 Å². The van der Waals surface area contributed by atoms with Gasteiger partial charge in [-0.2, -0.15) is 0 Å². The van der Waals surface area contributed by atoms with Crippen molar-refractivity contribution in [1.29, 1.82) is 0 Å². The predicted octanol–water partition coefficient (Wildman–Crippen LogP) is 2.15. The monoisotopic (exact) mass is 321 g/mol. The fraction of sp³-hybridized carbons (Fsp3) is 0.471. The van der Waals surface area contributed by atoms with Crippen LogP contribution in [0.3, 0.4) is 0 Å². The van der Waals surface area contributed by atoms with Crippen LogP contribution in [0.2, 0.25) is 0 Å². The van der Waals surface area contributed by atoms with Crippen molar-refractivity contribution in [2.45, 2.75) is 26.8 Å². The number of ether oxygens (including phenoxy) is 3. The lowest BCUT2D eigenvalue weighted by Crippen LogP contribution is -2.04. The molecule has 0 saturated heterocycles. The van der Waals surface area contributed by atoms with E-state index in [1.165, 1.54) is 7.11 Å². The van der Waals surface area contributed by atoms with Gasteiger partial charge in [0, 0.05) is 24.2 Å². The number of hydrogen-bond acceptors (Lipinski definition) is 5. The summed E-state index contributed by atoms with van der Waals surface area (Å²) in [6.45, 7) is 5.33. The Morgan fingerprint density at radius 1 is 1.17 bits per heavy atom. The van der Waals surface area contributed by atoms with Gasteiger partial charge in [-0.3, -0.25) is 4.79 Å². The van der Waals surface area contributed by atoms with Gasteiger partial charge in [-0.15, -0.1) is 0 Å². The molecule has 0 amide bonds. The average Bonchev–Trinajstić information content (AvgIpc) is 2.85. The molecule has 0 spiro atoms. The highest BCUT2D eigenvalue weighted by molar-refractivity contribution is 5.90. The molecule has 0 aliphatic carbocycles. The first-order chi connectivity index (χ1) is 11.1. The molecule has 0 radical (unpaired) electrons. The molecule has 23 heavy (non-hydrogen) atoms. The number of aliphatic hydroxyl groups excluding tert-OH is 1. The fourth-order valence-electron chi connectivity index (χ4n) is 2.57. The van der Waals surface area contributed by atoms with Crippen LogP contribution in [-0.4, -0.2) is 42.6 Å². The second kappa shape index (κ2) is 7.87. The number of esters is 1. The smallest absolute Gasteiger partial charge is 0.310 e. The molecule has 1 heterocycles. The summed E-state index contributed by atoms with van der Waals surface area (Å²) in [6, 6.07) is 3.77. The highest BCUT2D eigenvalue weighted by atomic mass is 16.5. The van der Waals surface area contributed by atoms with Crippen LogP contribution in [0.5, 0.6) is 11.5 Å². The Labute approximate surface area is 135 Å². The molecule has 126 valence electrons. The lowest BCUT2D eigenvalue weighted by molar-refractivity contribution is -0.139. The van der Waals surface area contributed by atoms with Crippen LogP contribution in [0, 0.1) is 0 Å². The van der Waals surface area contributed by atoms with E-state index in [9.17, 15) is 9.90 Å². The van der Waals surface area contributed by atoms with Crippen molar-refractivity contribution in [2.24, 2.45) is 0 Å². The Hall–Kier alpha value is -2.21. The maximum Gasteiger partial charge on any atom is 0.310 e. The lowest BCUT2D eigenvalue weighted by Gasteiger charge is -2.12. The number of carbonyl (C=O) groups excluding carboxylic acids is 1. The lowest BCUT2D eigenvalue weighted by atomic mass is 10.1. The van der Waals surface area contributed by atoms with Crippen LogP contribution in [0.25, 0.3) is 10.9 Å². The van der Waals surface area contributed by atoms with Crippen LogP contribution >= 0.6 is 0 Å². The molecule has 1 aromatic heterocycles. The maximum absolute atomic E-state index is 11.6. The zero-order chi connectivity index (χ0) is 16.8.